The van der Waals surface area contributed by atoms with Gasteiger partial charge in [-0.05, 0) is 25.8 Å². The Balaban J connectivity index is 1.85. The van der Waals surface area contributed by atoms with Crippen molar-refractivity contribution in [2.24, 2.45) is 0 Å². The molecule has 0 radical (unpaired) electrons. The Kier molecular flexibility index (Phi) is 8.40. The number of likely N-dealkylation sites (tertiary alicyclic amines) is 1. The molecule has 0 saturated carbocycles. The molecule has 13 heteroatoms. The maximum Gasteiger partial charge on any atom is 0.409 e. The van der Waals surface area contributed by atoms with Crippen LogP contribution in [0.3, 0.4) is 0 Å². The van der Waals surface area contributed by atoms with E-state index < -0.39 is 35.5 Å². The third kappa shape index (κ3) is 5.10. The third-order valence-electron chi connectivity index (χ3n) is 7.04. The zero-order chi connectivity index (χ0) is 29.1. The van der Waals surface area contributed by atoms with Crippen LogP contribution in [-0.4, -0.2) is 75.2 Å². The highest BCUT2D eigenvalue weighted by Crippen LogP contribution is 2.42. The number of aromatic nitrogens is 1. The predicted octanol–water partition coefficient (Wildman–Crippen LogP) is 4.15. The van der Waals surface area contributed by atoms with Crippen molar-refractivity contribution in [3.8, 4) is 11.5 Å². The van der Waals surface area contributed by atoms with Crippen LogP contribution in [0.5, 0.6) is 11.5 Å². The molecule has 2 aromatic rings. The van der Waals surface area contributed by atoms with Gasteiger partial charge in [0.25, 0.3) is 0 Å². The molecule has 214 valence electrons. The Hall–Kier alpha value is -4.42. The molecule has 1 aromatic carbocycles. The SMILES string of the molecule is CN/C=C(\C(C)=N)c1cc2c(cn1)CN(c1c(F)c(OC)cc(OC)c1F)C(=O)N2C1CCN(C(=O)OC)CC1. The molecule has 1 aromatic heterocycles. The molecule has 3 amide bonds. The minimum Gasteiger partial charge on any atom is -0.493 e. The fraction of sp³-hybridized carbons (Fsp3) is 0.407. The fourth-order valence-electron chi connectivity index (χ4n) is 5.03. The average molecular weight is 559 g/mol. The number of methoxy groups -OCH3 is 3. The second kappa shape index (κ2) is 11.8. The molecule has 0 unspecified atom stereocenters. The van der Waals surface area contributed by atoms with Gasteiger partial charge in [0.1, 0.15) is 5.69 Å². The number of carbonyl (C=O) groups is 2. The highest BCUT2D eigenvalue weighted by molar-refractivity contribution is 6.20. The first-order valence-electron chi connectivity index (χ1n) is 12.6. The first kappa shape index (κ1) is 28.6. The third-order valence-corrected chi connectivity index (χ3v) is 7.04. The van der Waals surface area contributed by atoms with Crippen molar-refractivity contribution >= 4 is 34.8 Å². The van der Waals surface area contributed by atoms with Crippen LogP contribution in [0.15, 0.2) is 24.5 Å². The van der Waals surface area contributed by atoms with Gasteiger partial charge in [-0.2, -0.15) is 0 Å². The van der Waals surface area contributed by atoms with E-state index in [1.54, 1.807) is 37.3 Å². The van der Waals surface area contributed by atoms with Crippen LogP contribution in [0, 0.1) is 17.0 Å². The molecule has 11 nitrogen and oxygen atoms in total. The van der Waals surface area contributed by atoms with Crippen molar-refractivity contribution in [2.75, 3.05) is 51.3 Å². The molecule has 0 atom stereocenters. The molecule has 2 N–H and O–H groups in total. The number of pyridine rings is 1. The largest absolute Gasteiger partial charge is 0.493 e. The number of hydrogen-bond acceptors (Lipinski definition) is 8. The second-order valence-corrected chi connectivity index (χ2v) is 9.35. The summed E-state index contributed by atoms with van der Waals surface area (Å²) in [5, 5.41) is 11.1. The summed E-state index contributed by atoms with van der Waals surface area (Å²) < 4.78 is 46.1. The Morgan fingerprint density at radius 2 is 1.75 bits per heavy atom. The van der Waals surface area contributed by atoms with Crippen molar-refractivity contribution in [2.45, 2.75) is 32.4 Å². The summed E-state index contributed by atoms with van der Waals surface area (Å²) in [5.74, 6) is -2.63. The Bertz CT molecular complexity index is 1330. The number of ether oxygens (including phenoxy) is 3. The number of benzene rings is 1. The van der Waals surface area contributed by atoms with Gasteiger partial charge in [0.2, 0.25) is 0 Å². The first-order chi connectivity index (χ1) is 19.2. The molecule has 1 saturated heterocycles. The first-order valence-corrected chi connectivity index (χ1v) is 12.6. The molecule has 2 aliphatic heterocycles. The van der Waals surface area contributed by atoms with Crippen LogP contribution in [0.1, 0.15) is 31.0 Å². The standard InChI is InChI=1S/C27H32F2N6O5/c1-15(30)18(13-31-2)19-10-20-16(12-32-19)14-34(25-23(28)21(38-3)11-22(39-4)24(25)29)26(36)35(20)17-6-8-33(9-7-17)27(37)40-5/h10-13,17,30-31H,6-9,14H2,1-5H3/b18-13+,30-15?. The molecule has 40 heavy (non-hydrogen) atoms. The van der Waals surface area contributed by atoms with E-state index in [1.807, 2.05) is 0 Å². The van der Waals surface area contributed by atoms with Crippen molar-refractivity contribution in [1.29, 1.82) is 5.41 Å². The van der Waals surface area contributed by atoms with Crippen LogP contribution in [0.4, 0.5) is 29.7 Å². The average Bonchev–Trinajstić information content (AvgIpc) is 2.95. The van der Waals surface area contributed by atoms with Crippen LogP contribution in [0.2, 0.25) is 0 Å². The summed E-state index contributed by atoms with van der Waals surface area (Å²) >= 11 is 0. The molecule has 0 spiro atoms. The van der Waals surface area contributed by atoms with E-state index >= 15 is 8.78 Å². The van der Waals surface area contributed by atoms with Gasteiger partial charge < -0.3 is 29.8 Å². The Morgan fingerprint density at radius 3 is 2.27 bits per heavy atom. The summed E-state index contributed by atoms with van der Waals surface area (Å²) in [6.45, 7) is 2.11. The van der Waals surface area contributed by atoms with Gasteiger partial charge in [-0.3, -0.25) is 14.8 Å². The fourth-order valence-corrected chi connectivity index (χ4v) is 5.03. The number of anilines is 2. The zero-order valence-corrected chi connectivity index (χ0v) is 23.0. The molecule has 2 aliphatic rings. The number of amides is 3. The lowest BCUT2D eigenvalue weighted by molar-refractivity contribution is 0.112. The summed E-state index contributed by atoms with van der Waals surface area (Å²) in [6, 6.07) is 1.73. The summed E-state index contributed by atoms with van der Waals surface area (Å²) in [5.41, 5.74) is 1.71. The zero-order valence-electron chi connectivity index (χ0n) is 23.0. The van der Waals surface area contributed by atoms with Gasteiger partial charge in [0.15, 0.2) is 23.1 Å². The Morgan fingerprint density at radius 1 is 1.12 bits per heavy atom. The van der Waals surface area contributed by atoms with E-state index in [2.05, 4.69) is 10.3 Å². The van der Waals surface area contributed by atoms with E-state index in [4.69, 9.17) is 19.6 Å². The molecule has 1 fully saturated rings. The second-order valence-electron chi connectivity index (χ2n) is 9.35. The van der Waals surface area contributed by atoms with E-state index in [0.717, 1.165) is 11.0 Å². The van der Waals surface area contributed by atoms with Crippen molar-refractivity contribution < 1.29 is 32.6 Å². The number of halogens is 2. The van der Waals surface area contributed by atoms with E-state index in [9.17, 15) is 9.59 Å². The van der Waals surface area contributed by atoms with Gasteiger partial charge in [-0.15, -0.1) is 0 Å². The maximum absolute atomic E-state index is 15.5. The number of allylic oxidation sites excluding steroid dienone is 1. The molecular formula is C27H32F2N6O5. The van der Waals surface area contributed by atoms with Crippen molar-refractivity contribution in [1.82, 2.24) is 15.2 Å². The summed E-state index contributed by atoms with van der Waals surface area (Å²) in [7, 11) is 5.48. The molecular weight excluding hydrogens is 526 g/mol. The number of urea groups is 1. The van der Waals surface area contributed by atoms with E-state index in [0.29, 0.717) is 48.4 Å². The maximum atomic E-state index is 15.5. The summed E-state index contributed by atoms with van der Waals surface area (Å²) in [4.78, 5) is 34.8. The van der Waals surface area contributed by atoms with Gasteiger partial charge in [-0.1, -0.05) is 0 Å². The molecule has 0 bridgehead atoms. The number of carbonyl (C=O) groups excluding carboxylic acids is 2. The molecule has 4 rings (SSSR count). The number of nitrogens with zero attached hydrogens (tertiary/aromatic N) is 4. The van der Waals surface area contributed by atoms with Gasteiger partial charge >= 0.3 is 12.1 Å². The van der Waals surface area contributed by atoms with Gasteiger partial charge in [0, 0.05) is 61.5 Å². The van der Waals surface area contributed by atoms with Crippen LogP contribution in [0.25, 0.3) is 5.57 Å². The minimum absolute atomic E-state index is 0.169. The lowest BCUT2D eigenvalue weighted by atomic mass is 9.98. The number of piperidine rings is 1. The van der Waals surface area contributed by atoms with Crippen LogP contribution in [-0.2, 0) is 11.3 Å². The van der Waals surface area contributed by atoms with Crippen LogP contribution >= 0.6 is 0 Å². The number of nitrogens with one attached hydrogen (secondary N) is 2. The molecule has 0 aliphatic carbocycles. The topological polar surface area (TPSA) is 120 Å². The van der Waals surface area contributed by atoms with Crippen LogP contribution < -0.4 is 24.6 Å². The Labute approximate surface area is 230 Å². The van der Waals surface area contributed by atoms with E-state index in [-0.39, 0.29) is 23.8 Å². The number of fused-ring (bicyclic) bond motifs is 1. The smallest absolute Gasteiger partial charge is 0.409 e. The number of rotatable bonds is 7. The minimum atomic E-state index is -1.04. The molecule has 3 heterocycles. The lowest BCUT2D eigenvalue weighted by Gasteiger charge is -2.44. The van der Waals surface area contributed by atoms with E-state index in [1.165, 1.54) is 26.2 Å². The lowest BCUT2D eigenvalue weighted by Crippen LogP contribution is -2.55. The van der Waals surface area contributed by atoms with Gasteiger partial charge in [0.05, 0.1) is 39.3 Å². The normalized spacial score (nSPS) is 16.0. The highest BCUT2D eigenvalue weighted by atomic mass is 19.1. The predicted molar refractivity (Wildman–Crippen MR) is 145 cm³/mol. The summed E-state index contributed by atoms with van der Waals surface area (Å²) in [6.07, 6.45) is 3.52. The van der Waals surface area contributed by atoms with Crippen molar-refractivity contribution in [3.05, 3.63) is 47.4 Å². The van der Waals surface area contributed by atoms with Crippen molar-refractivity contribution in [3.63, 3.8) is 0 Å². The monoisotopic (exact) mass is 558 g/mol. The van der Waals surface area contributed by atoms with Gasteiger partial charge in [-0.25, -0.2) is 18.4 Å². The quantitative estimate of drug-likeness (QED) is 0.490. The number of hydrogen-bond donors (Lipinski definition) is 2. The highest BCUT2D eigenvalue weighted by Gasteiger charge is 2.41.